The Bertz CT molecular complexity index is 842. The van der Waals surface area contributed by atoms with Crippen molar-refractivity contribution in [1.29, 1.82) is 0 Å². The molecule has 0 saturated heterocycles. The first-order valence-electron chi connectivity index (χ1n) is 8.77. The number of nitrogens with one attached hydrogen (secondary N) is 1. The summed E-state index contributed by atoms with van der Waals surface area (Å²) in [5, 5.41) is 2.69. The number of fused-ring (bicyclic) bond motifs is 1. The molecular weight excluding hydrogens is 346 g/mol. The van der Waals surface area contributed by atoms with Crippen LogP contribution in [0.15, 0.2) is 48.5 Å². The fourth-order valence-corrected chi connectivity index (χ4v) is 2.53. The zero-order valence-electron chi connectivity index (χ0n) is 15.1. The predicted molar refractivity (Wildman–Crippen MR) is 102 cm³/mol. The molecule has 0 unspecified atom stereocenters. The van der Waals surface area contributed by atoms with Crippen molar-refractivity contribution in [2.24, 2.45) is 0 Å². The van der Waals surface area contributed by atoms with E-state index in [1.54, 1.807) is 18.2 Å². The van der Waals surface area contributed by atoms with E-state index in [1.165, 1.54) is 11.6 Å². The van der Waals surface area contributed by atoms with Gasteiger partial charge in [0.05, 0.1) is 0 Å². The van der Waals surface area contributed by atoms with Gasteiger partial charge in [-0.15, -0.1) is 0 Å². The highest BCUT2D eigenvalue weighted by atomic mass is 16.6. The molecule has 6 nitrogen and oxygen atoms in total. The molecule has 6 heteroatoms. The quantitative estimate of drug-likeness (QED) is 0.627. The summed E-state index contributed by atoms with van der Waals surface area (Å²) in [6.07, 6.45) is 3.80. The summed E-state index contributed by atoms with van der Waals surface area (Å²) < 4.78 is 15.9. The zero-order valence-corrected chi connectivity index (χ0v) is 15.1. The Morgan fingerprint density at radius 1 is 1.07 bits per heavy atom. The highest BCUT2D eigenvalue weighted by Crippen LogP contribution is 2.31. The van der Waals surface area contributed by atoms with Crippen LogP contribution in [0.1, 0.15) is 18.1 Å². The van der Waals surface area contributed by atoms with Crippen LogP contribution >= 0.6 is 0 Å². The van der Waals surface area contributed by atoms with Crippen LogP contribution in [0.2, 0.25) is 0 Å². The van der Waals surface area contributed by atoms with Gasteiger partial charge >= 0.3 is 5.97 Å². The molecule has 0 fully saturated rings. The molecule has 1 N–H and O–H groups in total. The van der Waals surface area contributed by atoms with Crippen LogP contribution in [0.25, 0.3) is 6.08 Å². The van der Waals surface area contributed by atoms with Crippen LogP contribution in [0, 0.1) is 0 Å². The van der Waals surface area contributed by atoms with Crippen LogP contribution in [0.5, 0.6) is 11.5 Å². The SMILES string of the molecule is CCc1ccc(NC(=O)COC(=O)/C=C/c2ccc3c(c2)OCCO3)cc1. The predicted octanol–water partition coefficient (Wildman–Crippen LogP) is 3.22. The van der Waals surface area contributed by atoms with E-state index >= 15 is 0 Å². The van der Waals surface area contributed by atoms with Crippen LogP contribution in [-0.4, -0.2) is 31.7 Å². The zero-order chi connectivity index (χ0) is 19.1. The molecule has 0 radical (unpaired) electrons. The van der Waals surface area contributed by atoms with E-state index in [1.807, 2.05) is 30.3 Å². The highest BCUT2D eigenvalue weighted by molar-refractivity contribution is 5.94. The number of ether oxygens (including phenoxy) is 3. The summed E-state index contributed by atoms with van der Waals surface area (Å²) in [5.41, 5.74) is 2.63. The smallest absolute Gasteiger partial charge is 0.331 e. The first-order valence-corrected chi connectivity index (χ1v) is 8.77. The largest absolute Gasteiger partial charge is 0.486 e. The number of hydrogen-bond acceptors (Lipinski definition) is 5. The van der Waals surface area contributed by atoms with E-state index in [9.17, 15) is 9.59 Å². The van der Waals surface area contributed by atoms with Gasteiger partial charge in [-0.05, 0) is 47.9 Å². The summed E-state index contributed by atoms with van der Waals surface area (Å²) in [5.74, 6) is 0.344. The standard InChI is InChI=1S/C21H21NO5/c1-2-15-3-7-17(8-4-15)22-20(23)14-27-21(24)10-6-16-5-9-18-19(13-16)26-12-11-25-18/h3-10,13H,2,11-12,14H2,1H3,(H,22,23)/b10-6+. The highest BCUT2D eigenvalue weighted by Gasteiger charge is 2.11. The van der Waals surface area contributed by atoms with Gasteiger partial charge in [-0.2, -0.15) is 0 Å². The molecule has 0 saturated carbocycles. The fourth-order valence-electron chi connectivity index (χ4n) is 2.53. The number of carbonyl (C=O) groups excluding carboxylic acids is 2. The number of aryl methyl sites for hydroxylation is 1. The van der Waals surface area contributed by atoms with Crippen molar-refractivity contribution < 1.29 is 23.8 Å². The van der Waals surface area contributed by atoms with Gasteiger partial charge in [0.25, 0.3) is 5.91 Å². The molecular formula is C21H21NO5. The second-order valence-corrected chi connectivity index (χ2v) is 5.94. The maximum atomic E-state index is 11.9. The van der Waals surface area contributed by atoms with E-state index in [0.717, 1.165) is 12.0 Å². The number of carbonyl (C=O) groups is 2. The number of benzene rings is 2. The summed E-state index contributed by atoms with van der Waals surface area (Å²) in [6.45, 7) is 2.74. The third-order valence-electron chi connectivity index (χ3n) is 3.97. The van der Waals surface area contributed by atoms with Gasteiger partial charge in [0, 0.05) is 11.8 Å². The summed E-state index contributed by atoms with van der Waals surface area (Å²) >= 11 is 0. The second-order valence-electron chi connectivity index (χ2n) is 5.94. The maximum absolute atomic E-state index is 11.9. The Balaban J connectivity index is 1.47. The molecule has 1 aliphatic rings. The molecule has 1 amide bonds. The number of esters is 1. The van der Waals surface area contributed by atoms with E-state index < -0.39 is 5.97 Å². The van der Waals surface area contributed by atoms with Gasteiger partial charge < -0.3 is 19.5 Å². The molecule has 2 aromatic rings. The Hall–Kier alpha value is -3.28. The minimum atomic E-state index is -0.596. The molecule has 3 rings (SSSR count). The monoisotopic (exact) mass is 367 g/mol. The molecule has 1 aliphatic heterocycles. The van der Waals surface area contributed by atoms with Crippen molar-refractivity contribution in [3.63, 3.8) is 0 Å². The summed E-state index contributed by atoms with van der Waals surface area (Å²) in [6, 6.07) is 12.9. The third-order valence-corrected chi connectivity index (χ3v) is 3.97. The van der Waals surface area contributed by atoms with Gasteiger partial charge in [0.15, 0.2) is 18.1 Å². The van der Waals surface area contributed by atoms with Gasteiger partial charge in [-0.1, -0.05) is 25.1 Å². The lowest BCUT2D eigenvalue weighted by Crippen LogP contribution is -2.20. The minimum Gasteiger partial charge on any atom is -0.486 e. The average Bonchev–Trinajstić information content (AvgIpc) is 2.71. The van der Waals surface area contributed by atoms with Crippen molar-refractivity contribution in [2.75, 3.05) is 25.1 Å². The molecule has 0 aliphatic carbocycles. The van der Waals surface area contributed by atoms with E-state index in [2.05, 4.69) is 12.2 Å². The van der Waals surface area contributed by atoms with Crippen molar-refractivity contribution in [2.45, 2.75) is 13.3 Å². The Morgan fingerprint density at radius 3 is 2.56 bits per heavy atom. The molecule has 0 aromatic heterocycles. The van der Waals surface area contributed by atoms with Crippen LogP contribution in [0.3, 0.4) is 0 Å². The second kappa shape index (κ2) is 8.89. The van der Waals surface area contributed by atoms with Crippen molar-refractivity contribution in [3.05, 3.63) is 59.7 Å². The maximum Gasteiger partial charge on any atom is 0.331 e. The first-order chi connectivity index (χ1) is 13.1. The van der Waals surface area contributed by atoms with Crippen LogP contribution in [0.4, 0.5) is 5.69 Å². The molecule has 2 aromatic carbocycles. The van der Waals surface area contributed by atoms with Crippen molar-refractivity contribution >= 4 is 23.6 Å². The molecule has 27 heavy (non-hydrogen) atoms. The Kier molecular flexibility index (Phi) is 6.10. The van der Waals surface area contributed by atoms with E-state index in [-0.39, 0.29) is 12.5 Å². The molecule has 1 heterocycles. The number of rotatable bonds is 6. The number of amides is 1. The van der Waals surface area contributed by atoms with Gasteiger partial charge in [0.1, 0.15) is 13.2 Å². The average molecular weight is 367 g/mol. The lowest BCUT2D eigenvalue weighted by atomic mass is 10.1. The van der Waals surface area contributed by atoms with Crippen molar-refractivity contribution in [1.82, 2.24) is 0 Å². The third kappa shape index (κ3) is 5.34. The van der Waals surface area contributed by atoms with E-state index in [0.29, 0.717) is 30.4 Å². The lowest BCUT2D eigenvalue weighted by molar-refractivity contribution is -0.142. The normalized spacial score (nSPS) is 12.6. The summed E-state index contributed by atoms with van der Waals surface area (Å²) in [4.78, 5) is 23.7. The minimum absolute atomic E-state index is 0.347. The molecule has 0 bridgehead atoms. The van der Waals surface area contributed by atoms with Crippen molar-refractivity contribution in [3.8, 4) is 11.5 Å². The van der Waals surface area contributed by atoms with E-state index in [4.69, 9.17) is 14.2 Å². The Labute approximate surface area is 157 Å². The topological polar surface area (TPSA) is 73.9 Å². The van der Waals surface area contributed by atoms with Crippen LogP contribution in [-0.2, 0) is 20.7 Å². The lowest BCUT2D eigenvalue weighted by Gasteiger charge is -2.18. The molecule has 0 atom stereocenters. The van der Waals surface area contributed by atoms with Gasteiger partial charge in [-0.25, -0.2) is 4.79 Å². The van der Waals surface area contributed by atoms with Gasteiger partial charge in [0.2, 0.25) is 0 Å². The fraction of sp³-hybridized carbons (Fsp3) is 0.238. The molecule has 0 spiro atoms. The first kappa shape index (κ1) is 18.5. The number of hydrogen-bond donors (Lipinski definition) is 1. The van der Waals surface area contributed by atoms with Crippen LogP contribution < -0.4 is 14.8 Å². The Morgan fingerprint density at radius 2 is 1.81 bits per heavy atom. The summed E-state index contributed by atoms with van der Waals surface area (Å²) in [7, 11) is 0. The van der Waals surface area contributed by atoms with Gasteiger partial charge in [-0.3, -0.25) is 4.79 Å². The number of anilines is 1. The molecule has 140 valence electrons.